The number of nitrogens with two attached hydrogens (primary N) is 1. The molecular weight excluding hydrogens is 254 g/mol. The van der Waals surface area contributed by atoms with Crippen molar-refractivity contribution in [3.05, 3.63) is 0 Å². The van der Waals surface area contributed by atoms with E-state index in [1.54, 1.807) is 0 Å². The highest BCUT2D eigenvalue weighted by atomic mass is 16.5. The van der Waals surface area contributed by atoms with Crippen molar-refractivity contribution in [2.24, 2.45) is 11.7 Å². The summed E-state index contributed by atoms with van der Waals surface area (Å²) in [7, 11) is 0. The fourth-order valence-electron chi connectivity index (χ4n) is 2.56. The Labute approximate surface area is 123 Å². The van der Waals surface area contributed by atoms with Crippen LogP contribution in [-0.4, -0.2) is 54.7 Å². The van der Waals surface area contributed by atoms with Crippen LogP contribution in [0.2, 0.25) is 0 Å². The maximum absolute atomic E-state index is 12.2. The number of nitrogens with one attached hydrogen (secondary N) is 1. The molecular formula is C15H31N3O2. The van der Waals surface area contributed by atoms with Gasteiger partial charge in [0, 0.05) is 26.2 Å². The van der Waals surface area contributed by atoms with Crippen LogP contribution < -0.4 is 11.1 Å². The second-order valence-corrected chi connectivity index (χ2v) is 6.81. The predicted molar refractivity (Wildman–Crippen MR) is 81.5 cm³/mol. The van der Waals surface area contributed by atoms with Crippen molar-refractivity contribution in [3.8, 4) is 0 Å². The Morgan fingerprint density at radius 2 is 2.10 bits per heavy atom. The van der Waals surface area contributed by atoms with Crippen molar-refractivity contribution < 1.29 is 9.53 Å². The fraction of sp³-hybridized carbons (Fsp3) is 0.933. The lowest BCUT2D eigenvalue weighted by atomic mass is 10.0. The molecule has 1 rings (SSSR count). The van der Waals surface area contributed by atoms with Crippen LogP contribution in [0.3, 0.4) is 0 Å². The lowest BCUT2D eigenvalue weighted by Gasteiger charge is -2.44. The zero-order valence-corrected chi connectivity index (χ0v) is 13.6. The molecule has 118 valence electrons. The lowest BCUT2D eigenvalue weighted by Crippen LogP contribution is -2.59. The molecule has 0 aromatic rings. The van der Waals surface area contributed by atoms with Crippen molar-refractivity contribution in [3.63, 3.8) is 0 Å². The highest BCUT2D eigenvalue weighted by Crippen LogP contribution is 2.22. The molecule has 5 heteroatoms. The molecule has 1 saturated heterocycles. The van der Waals surface area contributed by atoms with Crippen LogP contribution in [0.4, 0.5) is 0 Å². The summed E-state index contributed by atoms with van der Waals surface area (Å²) in [6, 6.07) is -0.139. The second kappa shape index (κ2) is 7.38. The van der Waals surface area contributed by atoms with Gasteiger partial charge in [-0.05, 0) is 33.1 Å². The van der Waals surface area contributed by atoms with Gasteiger partial charge in [0.05, 0.1) is 17.7 Å². The van der Waals surface area contributed by atoms with E-state index in [1.807, 2.05) is 20.8 Å². The number of rotatable bonds is 6. The number of amides is 1. The van der Waals surface area contributed by atoms with Gasteiger partial charge in [0.15, 0.2) is 0 Å². The summed E-state index contributed by atoms with van der Waals surface area (Å²) >= 11 is 0. The van der Waals surface area contributed by atoms with Crippen LogP contribution in [0.5, 0.6) is 0 Å². The summed E-state index contributed by atoms with van der Waals surface area (Å²) in [5.74, 6) is 0.702. The van der Waals surface area contributed by atoms with Crippen molar-refractivity contribution in [2.45, 2.75) is 58.8 Å². The Kier molecular flexibility index (Phi) is 6.43. The number of carbonyl (C=O) groups is 1. The van der Waals surface area contributed by atoms with Gasteiger partial charge in [-0.25, -0.2) is 0 Å². The molecule has 3 N–H and O–H groups in total. The molecule has 1 amide bonds. The molecule has 1 fully saturated rings. The van der Waals surface area contributed by atoms with Crippen molar-refractivity contribution in [2.75, 3.05) is 26.2 Å². The molecule has 2 unspecified atom stereocenters. The van der Waals surface area contributed by atoms with E-state index < -0.39 is 0 Å². The Bertz CT molecular complexity index is 318. The quantitative estimate of drug-likeness (QED) is 0.763. The third-order valence-electron chi connectivity index (χ3n) is 3.72. The molecule has 0 radical (unpaired) electrons. The lowest BCUT2D eigenvalue weighted by molar-refractivity contribution is -0.149. The molecule has 5 nitrogen and oxygen atoms in total. The van der Waals surface area contributed by atoms with Gasteiger partial charge in [-0.2, -0.15) is 0 Å². The first-order valence-electron chi connectivity index (χ1n) is 7.65. The van der Waals surface area contributed by atoms with Crippen LogP contribution in [-0.2, 0) is 9.53 Å². The molecule has 0 bridgehead atoms. The second-order valence-electron chi connectivity index (χ2n) is 6.81. The van der Waals surface area contributed by atoms with Gasteiger partial charge in [-0.15, -0.1) is 0 Å². The topological polar surface area (TPSA) is 67.6 Å². The molecule has 1 heterocycles. The van der Waals surface area contributed by atoms with Crippen LogP contribution in [0.1, 0.15) is 41.0 Å². The molecule has 0 spiro atoms. The largest absolute Gasteiger partial charge is 0.368 e. The maximum atomic E-state index is 12.2. The Morgan fingerprint density at radius 1 is 1.45 bits per heavy atom. The number of morpholine rings is 1. The van der Waals surface area contributed by atoms with E-state index in [9.17, 15) is 4.79 Å². The zero-order chi connectivity index (χ0) is 15.3. The van der Waals surface area contributed by atoms with E-state index in [1.165, 1.54) is 0 Å². The van der Waals surface area contributed by atoms with Crippen LogP contribution in [0.15, 0.2) is 0 Å². The molecule has 0 aromatic heterocycles. The molecule has 0 saturated carbocycles. The van der Waals surface area contributed by atoms with E-state index in [0.717, 1.165) is 26.1 Å². The molecule has 1 aliphatic rings. The van der Waals surface area contributed by atoms with E-state index in [0.29, 0.717) is 12.5 Å². The van der Waals surface area contributed by atoms with Gasteiger partial charge in [0.1, 0.15) is 0 Å². The minimum absolute atomic E-state index is 0.00432. The Morgan fingerprint density at radius 3 is 2.65 bits per heavy atom. The van der Waals surface area contributed by atoms with E-state index in [4.69, 9.17) is 10.5 Å². The number of hydrogen-bond acceptors (Lipinski definition) is 4. The van der Waals surface area contributed by atoms with Gasteiger partial charge in [0.25, 0.3) is 0 Å². The molecule has 2 atom stereocenters. The van der Waals surface area contributed by atoms with E-state index >= 15 is 0 Å². The molecule has 0 aliphatic carbocycles. The maximum Gasteiger partial charge on any atom is 0.237 e. The van der Waals surface area contributed by atoms with Gasteiger partial charge >= 0.3 is 0 Å². The highest BCUT2D eigenvalue weighted by Gasteiger charge is 2.36. The Hall–Kier alpha value is -0.650. The monoisotopic (exact) mass is 285 g/mol. The molecule has 20 heavy (non-hydrogen) atoms. The fourth-order valence-corrected chi connectivity index (χ4v) is 2.56. The normalized spacial score (nSPS) is 24.6. The zero-order valence-electron chi connectivity index (χ0n) is 13.6. The average molecular weight is 285 g/mol. The number of nitrogens with zero attached hydrogens (tertiary/aromatic N) is 1. The first-order valence-corrected chi connectivity index (χ1v) is 7.65. The first-order chi connectivity index (χ1) is 9.25. The van der Waals surface area contributed by atoms with Crippen LogP contribution in [0, 0.1) is 5.92 Å². The highest BCUT2D eigenvalue weighted by molar-refractivity contribution is 5.81. The Balaban J connectivity index is 2.52. The summed E-state index contributed by atoms with van der Waals surface area (Å²) in [5, 5.41) is 3.02. The standard InChI is InChI=1S/C15H31N3O2/c1-11(2)6-7-17-14(19)12(3)18-9-13(8-16)20-15(4,5)10-18/h11-13H,6-10,16H2,1-5H3,(H,17,19). The third-order valence-corrected chi connectivity index (χ3v) is 3.72. The predicted octanol–water partition coefficient (Wildman–Crippen LogP) is 0.975. The summed E-state index contributed by atoms with van der Waals surface area (Å²) < 4.78 is 5.90. The minimum Gasteiger partial charge on any atom is -0.368 e. The van der Waals surface area contributed by atoms with Gasteiger partial charge < -0.3 is 15.8 Å². The van der Waals surface area contributed by atoms with E-state index in [-0.39, 0.29) is 23.7 Å². The molecule has 1 aliphatic heterocycles. The van der Waals surface area contributed by atoms with Crippen LogP contribution in [0.25, 0.3) is 0 Å². The summed E-state index contributed by atoms with van der Waals surface area (Å²) in [6.45, 7) is 13.1. The van der Waals surface area contributed by atoms with Crippen molar-refractivity contribution in [1.29, 1.82) is 0 Å². The van der Waals surface area contributed by atoms with Crippen LogP contribution >= 0.6 is 0 Å². The minimum atomic E-state index is -0.255. The van der Waals surface area contributed by atoms with Gasteiger partial charge in [-0.1, -0.05) is 13.8 Å². The number of hydrogen-bond donors (Lipinski definition) is 2. The summed E-state index contributed by atoms with van der Waals surface area (Å²) in [4.78, 5) is 14.4. The first kappa shape index (κ1) is 17.4. The third kappa shape index (κ3) is 5.38. The number of ether oxygens (including phenoxy) is 1. The van der Waals surface area contributed by atoms with Gasteiger partial charge in [0.2, 0.25) is 5.91 Å². The number of carbonyl (C=O) groups excluding carboxylic acids is 1. The average Bonchev–Trinajstić information content (AvgIpc) is 2.35. The van der Waals surface area contributed by atoms with Gasteiger partial charge in [-0.3, -0.25) is 9.69 Å². The van der Waals surface area contributed by atoms with E-state index in [2.05, 4.69) is 24.1 Å². The molecule has 0 aromatic carbocycles. The SMILES string of the molecule is CC(C)CCNC(=O)C(C)N1CC(CN)OC(C)(C)C1. The summed E-state index contributed by atoms with van der Waals surface area (Å²) in [6.07, 6.45) is 1.02. The summed E-state index contributed by atoms with van der Waals surface area (Å²) in [5.41, 5.74) is 5.47. The van der Waals surface area contributed by atoms with Crippen molar-refractivity contribution in [1.82, 2.24) is 10.2 Å². The van der Waals surface area contributed by atoms with Crippen molar-refractivity contribution >= 4 is 5.91 Å². The smallest absolute Gasteiger partial charge is 0.237 e.